The molecule has 2 saturated heterocycles. The monoisotopic (exact) mass is 496 g/mol. The van der Waals surface area contributed by atoms with Crippen LogP contribution in [0.4, 0.5) is 4.39 Å². The van der Waals surface area contributed by atoms with Crippen molar-refractivity contribution in [3.63, 3.8) is 0 Å². The van der Waals surface area contributed by atoms with Gasteiger partial charge in [0, 0.05) is 24.8 Å². The van der Waals surface area contributed by atoms with Crippen molar-refractivity contribution in [2.75, 3.05) is 26.8 Å². The normalized spacial score (nSPS) is 19.3. The summed E-state index contributed by atoms with van der Waals surface area (Å²) in [5.74, 6) is 2.92. The largest absolute Gasteiger partial charge is 0.497 e. The van der Waals surface area contributed by atoms with Crippen LogP contribution in [0, 0.1) is 5.82 Å². The van der Waals surface area contributed by atoms with Crippen LogP contribution in [0.5, 0.6) is 5.75 Å². The number of rotatable bonds is 9. The molecule has 0 N–H and O–H groups in total. The SMILES string of the molecule is COc1cccc(CN2CCC(c3nnc(SCc4ccc(F)cc4)n3C[C@@H]3CCCO3)CC2)c1. The van der Waals surface area contributed by atoms with E-state index in [1.54, 1.807) is 18.9 Å². The molecule has 186 valence electrons. The zero-order chi connectivity index (χ0) is 24.0. The third-order valence-electron chi connectivity index (χ3n) is 6.93. The van der Waals surface area contributed by atoms with E-state index in [0.717, 1.165) is 86.5 Å². The van der Waals surface area contributed by atoms with Gasteiger partial charge in [0.2, 0.25) is 0 Å². The van der Waals surface area contributed by atoms with Gasteiger partial charge in [-0.25, -0.2) is 4.39 Å². The molecule has 0 radical (unpaired) electrons. The molecule has 3 heterocycles. The standard InChI is InChI=1S/C27H33FN4O2S/c1-33-24-5-2-4-21(16-24)17-31-13-11-22(12-14-31)26-29-30-27(32(26)18-25-6-3-15-34-25)35-19-20-7-9-23(28)10-8-20/h2,4-5,7-10,16,22,25H,3,6,11-15,17-19H2,1H3/t25-/m0/s1. The van der Waals surface area contributed by atoms with E-state index in [1.165, 1.54) is 17.7 Å². The highest BCUT2D eigenvalue weighted by Gasteiger charge is 2.28. The van der Waals surface area contributed by atoms with Crippen LogP contribution in [0.25, 0.3) is 0 Å². The van der Waals surface area contributed by atoms with Crippen molar-refractivity contribution < 1.29 is 13.9 Å². The fourth-order valence-electron chi connectivity index (χ4n) is 4.98. The van der Waals surface area contributed by atoms with Gasteiger partial charge in [0.1, 0.15) is 17.4 Å². The summed E-state index contributed by atoms with van der Waals surface area (Å²) < 4.78 is 26.9. The molecule has 2 aliphatic heterocycles. The summed E-state index contributed by atoms with van der Waals surface area (Å²) in [5.41, 5.74) is 2.36. The number of hydrogen-bond donors (Lipinski definition) is 0. The Kier molecular flexibility index (Phi) is 8.01. The Morgan fingerprint density at radius 2 is 1.89 bits per heavy atom. The molecule has 0 bridgehead atoms. The van der Waals surface area contributed by atoms with E-state index in [9.17, 15) is 4.39 Å². The molecule has 1 atom stereocenters. The molecule has 2 aliphatic rings. The summed E-state index contributed by atoms with van der Waals surface area (Å²) in [5, 5.41) is 10.2. The van der Waals surface area contributed by atoms with E-state index >= 15 is 0 Å². The van der Waals surface area contributed by atoms with E-state index in [0.29, 0.717) is 5.92 Å². The van der Waals surface area contributed by atoms with Crippen molar-refractivity contribution in [2.45, 2.75) is 61.7 Å². The molecule has 0 saturated carbocycles. The quantitative estimate of drug-likeness (QED) is 0.376. The van der Waals surface area contributed by atoms with Crippen molar-refractivity contribution >= 4 is 11.8 Å². The molecule has 8 heteroatoms. The number of methoxy groups -OCH3 is 1. The number of piperidine rings is 1. The Labute approximate surface area is 210 Å². The van der Waals surface area contributed by atoms with Crippen LogP contribution in [-0.4, -0.2) is 52.6 Å². The fraction of sp³-hybridized carbons (Fsp3) is 0.481. The number of thioether (sulfide) groups is 1. The van der Waals surface area contributed by atoms with Crippen LogP contribution in [0.15, 0.2) is 53.7 Å². The second kappa shape index (κ2) is 11.5. The molecule has 5 rings (SSSR count). The van der Waals surface area contributed by atoms with Gasteiger partial charge in [-0.15, -0.1) is 10.2 Å². The van der Waals surface area contributed by atoms with Crippen LogP contribution in [0.1, 0.15) is 48.6 Å². The van der Waals surface area contributed by atoms with Crippen LogP contribution in [0.2, 0.25) is 0 Å². The first-order valence-corrected chi connectivity index (χ1v) is 13.4. The lowest BCUT2D eigenvalue weighted by molar-refractivity contribution is 0.0931. The van der Waals surface area contributed by atoms with Gasteiger partial charge >= 0.3 is 0 Å². The number of benzene rings is 2. The number of likely N-dealkylation sites (tertiary alicyclic amines) is 1. The highest BCUT2D eigenvalue weighted by atomic mass is 32.2. The summed E-state index contributed by atoms with van der Waals surface area (Å²) >= 11 is 1.67. The Bertz CT molecular complexity index is 1090. The number of aromatic nitrogens is 3. The van der Waals surface area contributed by atoms with Crippen LogP contribution < -0.4 is 4.74 Å². The van der Waals surface area contributed by atoms with E-state index in [2.05, 4.69) is 37.9 Å². The lowest BCUT2D eigenvalue weighted by atomic mass is 9.95. The topological polar surface area (TPSA) is 52.4 Å². The molecule has 3 aromatic rings. The molecular weight excluding hydrogens is 463 g/mol. The molecule has 0 spiro atoms. The average molecular weight is 497 g/mol. The van der Waals surface area contributed by atoms with Gasteiger partial charge in [0.05, 0.1) is 19.8 Å². The second-order valence-electron chi connectivity index (χ2n) is 9.40. The van der Waals surface area contributed by atoms with E-state index in [1.807, 2.05) is 18.2 Å². The van der Waals surface area contributed by atoms with Gasteiger partial charge in [0.15, 0.2) is 5.16 Å². The fourth-order valence-corrected chi connectivity index (χ4v) is 5.89. The zero-order valence-corrected chi connectivity index (χ0v) is 21.1. The van der Waals surface area contributed by atoms with Crippen molar-refractivity contribution in [3.8, 4) is 5.75 Å². The Morgan fingerprint density at radius 3 is 2.63 bits per heavy atom. The minimum atomic E-state index is -0.208. The van der Waals surface area contributed by atoms with Crippen molar-refractivity contribution in [1.29, 1.82) is 0 Å². The van der Waals surface area contributed by atoms with Crippen molar-refractivity contribution in [2.24, 2.45) is 0 Å². The van der Waals surface area contributed by atoms with Crippen LogP contribution in [0.3, 0.4) is 0 Å². The summed E-state index contributed by atoms with van der Waals surface area (Å²) in [4.78, 5) is 2.51. The minimum Gasteiger partial charge on any atom is -0.497 e. The second-order valence-corrected chi connectivity index (χ2v) is 10.3. The molecule has 1 aromatic heterocycles. The minimum absolute atomic E-state index is 0.208. The van der Waals surface area contributed by atoms with Crippen molar-refractivity contribution in [3.05, 3.63) is 71.3 Å². The van der Waals surface area contributed by atoms with Gasteiger partial charge in [-0.1, -0.05) is 36.0 Å². The van der Waals surface area contributed by atoms with Crippen LogP contribution >= 0.6 is 11.8 Å². The summed E-state index contributed by atoms with van der Waals surface area (Å²) in [7, 11) is 1.71. The smallest absolute Gasteiger partial charge is 0.191 e. The molecule has 2 aromatic carbocycles. The highest BCUT2D eigenvalue weighted by Crippen LogP contribution is 2.32. The Hall–Kier alpha value is -2.42. The average Bonchev–Trinajstić information content (AvgIpc) is 3.55. The highest BCUT2D eigenvalue weighted by molar-refractivity contribution is 7.98. The van der Waals surface area contributed by atoms with Gasteiger partial charge in [-0.2, -0.15) is 0 Å². The summed E-state index contributed by atoms with van der Waals surface area (Å²) in [6.45, 7) is 4.64. The number of halogens is 1. The van der Waals surface area contributed by atoms with Gasteiger partial charge in [0.25, 0.3) is 0 Å². The maximum absolute atomic E-state index is 13.3. The molecular formula is C27H33FN4O2S. The molecule has 35 heavy (non-hydrogen) atoms. The molecule has 0 unspecified atom stereocenters. The maximum Gasteiger partial charge on any atom is 0.191 e. The third-order valence-corrected chi connectivity index (χ3v) is 7.97. The van der Waals surface area contributed by atoms with Crippen LogP contribution in [-0.2, 0) is 23.6 Å². The Balaban J connectivity index is 1.25. The number of nitrogens with zero attached hydrogens (tertiary/aromatic N) is 4. The van der Waals surface area contributed by atoms with Gasteiger partial charge in [-0.05, 0) is 74.2 Å². The first-order valence-electron chi connectivity index (χ1n) is 12.4. The van der Waals surface area contributed by atoms with E-state index in [-0.39, 0.29) is 11.9 Å². The van der Waals surface area contributed by atoms with Gasteiger partial charge < -0.3 is 14.0 Å². The molecule has 0 aliphatic carbocycles. The van der Waals surface area contributed by atoms with E-state index < -0.39 is 0 Å². The summed E-state index contributed by atoms with van der Waals surface area (Å²) in [6, 6.07) is 15.0. The maximum atomic E-state index is 13.3. The number of ether oxygens (including phenoxy) is 2. The molecule has 2 fully saturated rings. The van der Waals surface area contributed by atoms with Gasteiger partial charge in [-0.3, -0.25) is 4.90 Å². The predicted molar refractivity (Wildman–Crippen MR) is 135 cm³/mol. The first-order chi connectivity index (χ1) is 17.2. The zero-order valence-electron chi connectivity index (χ0n) is 20.2. The number of hydrogen-bond acceptors (Lipinski definition) is 6. The summed E-state index contributed by atoms with van der Waals surface area (Å²) in [6.07, 6.45) is 4.55. The lowest BCUT2D eigenvalue weighted by Gasteiger charge is -2.32. The predicted octanol–water partition coefficient (Wildman–Crippen LogP) is 5.28. The van der Waals surface area contributed by atoms with Crippen molar-refractivity contribution in [1.82, 2.24) is 19.7 Å². The first kappa shape index (κ1) is 24.3. The third kappa shape index (κ3) is 6.23. The molecule has 0 amide bonds. The lowest BCUT2D eigenvalue weighted by Crippen LogP contribution is -2.33. The van der Waals surface area contributed by atoms with E-state index in [4.69, 9.17) is 9.47 Å². The molecule has 6 nitrogen and oxygen atoms in total. The Morgan fingerprint density at radius 1 is 1.06 bits per heavy atom.